The number of hydrogen-bond donors (Lipinski definition) is 0. The van der Waals surface area contributed by atoms with Crippen molar-refractivity contribution in [2.75, 3.05) is 6.54 Å². The number of carbonyl (C=O) groups is 2. The fourth-order valence-corrected chi connectivity index (χ4v) is 3.29. The summed E-state index contributed by atoms with van der Waals surface area (Å²) >= 11 is 0. The Labute approximate surface area is 124 Å². The molecule has 3 heteroatoms. The molecule has 0 aromatic rings. The molecule has 0 aromatic carbocycles. The van der Waals surface area contributed by atoms with Crippen molar-refractivity contribution in [3.63, 3.8) is 0 Å². The van der Waals surface area contributed by atoms with E-state index in [4.69, 9.17) is 0 Å². The maximum atomic E-state index is 12.2. The molecule has 0 aliphatic carbocycles. The van der Waals surface area contributed by atoms with Crippen LogP contribution < -0.4 is 0 Å². The predicted octanol–water partition coefficient (Wildman–Crippen LogP) is 4.01. The van der Waals surface area contributed by atoms with Gasteiger partial charge < -0.3 is 0 Å². The van der Waals surface area contributed by atoms with Crippen LogP contribution in [-0.4, -0.2) is 23.3 Å². The predicted molar refractivity (Wildman–Crippen MR) is 82.2 cm³/mol. The molecule has 0 N–H and O–H groups in total. The van der Waals surface area contributed by atoms with E-state index in [0.29, 0.717) is 19.4 Å². The van der Waals surface area contributed by atoms with Gasteiger partial charge >= 0.3 is 0 Å². The molecule has 1 aliphatic rings. The summed E-state index contributed by atoms with van der Waals surface area (Å²) in [4.78, 5) is 26.0. The number of piperidine rings is 1. The number of hydrogen-bond acceptors (Lipinski definition) is 2. The largest absolute Gasteiger partial charge is 0.282 e. The molecule has 0 atom stereocenters. The average molecular weight is 281 g/mol. The number of amides is 2. The highest BCUT2D eigenvalue weighted by atomic mass is 16.2. The fraction of sp³-hybridized carbons (Fsp3) is 0.882. The van der Waals surface area contributed by atoms with E-state index in [0.717, 1.165) is 12.8 Å². The summed E-state index contributed by atoms with van der Waals surface area (Å²) in [7, 11) is 0. The molecule has 0 radical (unpaired) electrons. The molecule has 0 bridgehead atoms. The standard InChI is InChI=1S/C17H31NO2/c1-8-15(2,3)11-17(6,7)12-18-13(19)9-16(4,5)10-14(18)20/h8-12H2,1-7H3. The summed E-state index contributed by atoms with van der Waals surface area (Å²) in [5.41, 5.74) is 0.0223. The summed E-state index contributed by atoms with van der Waals surface area (Å²) in [6.45, 7) is 15.5. The first-order valence-electron chi connectivity index (χ1n) is 7.71. The molecular formula is C17H31NO2. The molecule has 1 saturated heterocycles. The second-order valence-electron chi connectivity index (χ2n) is 8.75. The van der Waals surface area contributed by atoms with E-state index >= 15 is 0 Å². The van der Waals surface area contributed by atoms with Gasteiger partial charge in [-0.3, -0.25) is 14.5 Å². The lowest BCUT2D eigenvalue weighted by Gasteiger charge is -2.41. The van der Waals surface area contributed by atoms with Crippen molar-refractivity contribution in [1.29, 1.82) is 0 Å². The van der Waals surface area contributed by atoms with Gasteiger partial charge in [0.15, 0.2) is 0 Å². The van der Waals surface area contributed by atoms with Gasteiger partial charge in [-0.05, 0) is 22.7 Å². The van der Waals surface area contributed by atoms with Crippen molar-refractivity contribution in [3.8, 4) is 0 Å². The van der Waals surface area contributed by atoms with Gasteiger partial charge in [-0.25, -0.2) is 0 Å². The Morgan fingerprint density at radius 1 is 1.00 bits per heavy atom. The van der Waals surface area contributed by atoms with Crippen molar-refractivity contribution >= 4 is 11.8 Å². The molecule has 0 unspecified atom stereocenters. The first kappa shape index (κ1) is 17.2. The van der Waals surface area contributed by atoms with Crippen LogP contribution in [0, 0.1) is 16.2 Å². The number of carbonyl (C=O) groups excluding carboxylic acids is 2. The Balaban J connectivity index is 2.77. The third-order valence-corrected chi connectivity index (χ3v) is 4.36. The van der Waals surface area contributed by atoms with Gasteiger partial charge in [0.05, 0.1) is 0 Å². The van der Waals surface area contributed by atoms with Crippen molar-refractivity contribution < 1.29 is 9.59 Å². The van der Waals surface area contributed by atoms with Crippen molar-refractivity contribution in [2.45, 2.75) is 74.1 Å². The lowest BCUT2D eigenvalue weighted by Crippen LogP contribution is -2.50. The highest BCUT2D eigenvalue weighted by Crippen LogP contribution is 2.38. The molecule has 1 rings (SSSR count). The zero-order valence-electron chi connectivity index (χ0n) is 14.3. The van der Waals surface area contributed by atoms with Crippen LogP contribution in [0.2, 0.25) is 0 Å². The summed E-state index contributed by atoms with van der Waals surface area (Å²) < 4.78 is 0. The van der Waals surface area contributed by atoms with Crippen LogP contribution in [0.3, 0.4) is 0 Å². The summed E-state index contributed by atoms with van der Waals surface area (Å²) in [5, 5.41) is 0. The average Bonchev–Trinajstić information content (AvgIpc) is 2.21. The molecule has 20 heavy (non-hydrogen) atoms. The Hall–Kier alpha value is -0.860. The summed E-state index contributed by atoms with van der Waals surface area (Å²) in [6.07, 6.45) is 3.07. The van der Waals surface area contributed by atoms with E-state index in [-0.39, 0.29) is 28.1 Å². The molecule has 0 spiro atoms. The van der Waals surface area contributed by atoms with E-state index in [2.05, 4.69) is 34.6 Å². The van der Waals surface area contributed by atoms with Gasteiger partial charge in [0.2, 0.25) is 11.8 Å². The van der Waals surface area contributed by atoms with Crippen LogP contribution in [0.1, 0.15) is 74.1 Å². The number of nitrogens with zero attached hydrogens (tertiary/aromatic N) is 1. The third-order valence-electron chi connectivity index (χ3n) is 4.36. The molecule has 1 fully saturated rings. The minimum Gasteiger partial charge on any atom is -0.282 e. The second kappa shape index (κ2) is 5.50. The molecule has 1 aliphatic heterocycles. The quantitative estimate of drug-likeness (QED) is 0.714. The maximum absolute atomic E-state index is 12.2. The van der Waals surface area contributed by atoms with Crippen LogP contribution in [0.4, 0.5) is 0 Å². The number of rotatable bonds is 5. The van der Waals surface area contributed by atoms with E-state index in [1.807, 2.05) is 13.8 Å². The second-order valence-corrected chi connectivity index (χ2v) is 8.75. The minimum absolute atomic E-state index is 0.00590. The fourth-order valence-electron chi connectivity index (χ4n) is 3.29. The molecular weight excluding hydrogens is 250 g/mol. The van der Waals surface area contributed by atoms with Gasteiger partial charge in [0.25, 0.3) is 0 Å². The first-order chi connectivity index (χ1) is 8.87. The van der Waals surface area contributed by atoms with Gasteiger partial charge in [0.1, 0.15) is 0 Å². The van der Waals surface area contributed by atoms with Gasteiger partial charge in [0, 0.05) is 19.4 Å². The normalized spacial score (nSPS) is 20.4. The molecule has 3 nitrogen and oxygen atoms in total. The maximum Gasteiger partial charge on any atom is 0.229 e. The van der Waals surface area contributed by atoms with E-state index in [1.54, 1.807) is 0 Å². The highest BCUT2D eigenvalue weighted by Gasteiger charge is 2.40. The number of likely N-dealkylation sites (tertiary alicyclic amines) is 1. The van der Waals surface area contributed by atoms with Gasteiger partial charge in [-0.1, -0.05) is 54.9 Å². The lowest BCUT2D eigenvalue weighted by molar-refractivity contribution is -0.154. The van der Waals surface area contributed by atoms with Gasteiger partial charge in [-0.2, -0.15) is 0 Å². The topological polar surface area (TPSA) is 37.4 Å². The molecule has 2 amide bonds. The van der Waals surface area contributed by atoms with E-state index in [1.165, 1.54) is 4.90 Å². The van der Waals surface area contributed by atoms with Crippen molar-refractivity contribution in [3.05, 3.63) is 0 Å². The van der Waals surface area contributed by atoms with E-state index < -0.39 is 0 Å². The van der Waals surface area contributed by atoms with Crippen LogP contribution in [0.5, 0.6) is 0 Å². The summed E-state index contributed by atoms with van der Waals surface area (Å²) in [5.74, 6) is -0.0118. The van der Waals surface area contributed by atoms with Crippen LogP contribution in [0.25, 0.3) is 0 Å². The third kappa shape index (κ3) is 4.60. The molecule has 116 valence electrons. The van der Waals surface area contributed by atoms with Crippen LogP contribution >= 0.6 is 0 Å². The highest BCUT2D eigenvalue weighted by molar-refractivity contribution is 5.98. The Bertz CT molecular complexity index is 374. The SMILES string of the molecule is CCC(C)(C)CC(C)(C)CN1C(=O)CC(C)(C)CC1=O. The monoisotopic (exact) mass is 281 g/mol. The smallest absolute Gasteiger partial charge is 0.229 e. The summed E-state index contributed by atoms with van der Waals surface area (Å²) in [6, 6.07) is 0. The Kier molecular flexibility index (Phi) is 4.72. The Morgan fingerprint density at radius 2 is 1.45 bits per heavy atom. The van der Waals surface area contributed by atoms with Crippen molar-refractivity contribution in [2.24, 2.45) is 16.2 Å². The zero-order chi connectivity index (χ0) is 15.8. The lowest BCUT2D eigenvalue weighted by atomic mass is 9.73. The van der Waals surface area contributed by atoms with Crippen LogP contribution in [-0.2, 0) is 9.59 Å². The number of imide groups is 1. The first-order valence-corrected chi connectivity index (χ1v) is 7.71. The van der Waals surface area contributed by atoms with E-state index in [9.17, 15) is 9.59 Å². The zero-order valence-corrected chi connectivity index (χ0v) is 14.3. The Morgan fingerprint density at radius 3 is 1.85 bits per heavy atom. The minimum atomic E-state index is -0.183. The molecule has 1 heterocycles. The molecule has 0 saturated carbocycles. The van der Waals surface area contributed by atoms with Gasteiger partial charge in [-0.15, -0.1) is 0 Å². The van der Waals surface area contributed by atoms with Crippen molar-refractivity contribution in [1.82, 2.24) is 4.90 Å². The molecule has 0 aromatic heterocycles. The van der Waals surface area contributed by atoms with Crippen LogP contribution in [0.15, 0.2) is 0 Å².